The molecule has 0 atom stereocenters. The van der Waals surface area contributed by atoms with Crippen LogP contribution in [0.15, 0.2) is 29.2 Å². The molecular weight excluding hydrogens is 242 g/mol. The molecule has 100 valence electrons. The summed E-state index contributed by atoms with van der Waals surface area (Å²) in [5, 5.41) is 3.54. The molecule has 0 spiro atoms. The molecule has 3 heteroatoms. The van der Waals surface area contributed by atoms with Crippen molar-refractivity contribution in [3.63, 3.8) is 0 Å². The lowest BCUT2D eigenvalue weighted by molar-refractivity contribution is 0.298. The van der Waals surface area contributed by atoms with E-state index in [2.05, 4.69) is 29.8 Å². The Hall–Kier alpha value is -0.670. The quantitative estimate of drug-likeness (QED) is 0.543. The molecule has 0 aliphatic heterocycles. The third-order valence-electron chi connectivity index (χ3n) is 3.16. The maximum atomic E-state index is 5.83. The molecule has 0 amide bonds. The zero-order chi connectivity index (χ0) is 12.6. The largest absolute Gasteiger partial charge is 0.492 e. The van der Waals surface area contributed by atoms with Crippen LogP contribution in [-0.2, 0) is 0 Å². The van der Waals surface area contributed by atoms with Gasteiger partial charge in [-0.15, -0.1) is 11.8 Å². The maximum absolute atomic E-state index is 5.83. The Morgan fingerprint density at radius 2 is 2.06 bits per heavy atom. The Morgan fingerprint density at radius 3 is 2.83 bits per heavy atom. The fraction of sp³-hybridized carbons (Fsp3) is 0.600. The minimum absolute atomic E-state index is 0.834. The molecule has 1 fully saturated rings. The summed E-state index contributed by atoms with van der Waals surface area (Å²) < 4.78 is 5.83. The van der Waals surface area contributed by atoms with Crippen molar-refractivity contribution in [3.05, 3.63) is 24.3 Å². The molecule has 0 radical (unpaired) electrons. The van der Waals surface area contributed by atoms with Gasteiger partial charge in [-0.2, -0.15) is 0 Å². The predicted octanol–water partition coefficient (Wildman–Crippen LogP) is 3.71. The summed E-state index contributed by atoms with van der Waals surface area (Å²) in [5.41, 5.74) is 0. The highest BCUT2D eigenvalue weighted by Gasteiger charge is 2.19. The lowest BCUT2D eigenvalue weighted by Gasteiger charge is -2.09. The zero-order valence-corrected chi connectivity index (χ0v) is 12.0. The average molecular weight is 265 g/mol. The van der Waals surface area contributed by atoms with E-state index in [9.17, 15) is 0 Å². The monoisotopic (exact) mass is 265 g/mol. The molecule has 0 bridgehead atoms. The van der Waals surface area contributed by atoms with Gasteiger partial charge in [0.15, 0.2) is 0 Å². The molecule has 1 aromatic rings. The first-order valence-electron chi connectivity index (χ1n) is 6.89. The topological polar surface area (TPSA) is 21.3 Å². The number of unbranched alkanes of at least 4 members (excludes halogenated alkanes) is 2. The van der Waals surface area contributed by atoms with Crippen molar-refractivity contribution in [2.24, 2.45) is 0 Å². The number of nitrogens with one attached hydrogen (secondary N) is 1. The van der Waals surface area contributed by atoms with Crippen LogP contribution in [0.3, 0.4) is 0 Å². The lowest BCUT2D eigenvalue weighted by Crippen LogP contribution is -2.17. The molecule has 2 nitrogen and oxygen atoms in total. The van der Waals surface area contributed by atoms with Crippen LogP contribution in [-0.4, -0.2) is 25.4 Å². The second-order valence-corrected chi connectivity index (χ2v) is 5.64. The van der Waals surface area contributed by atoms with Crippen molar-refractivity contribution in [3.8, 4) is 5.75 Å². The van der Waals surface area contributed by atoms with Crippen LogP contribution < -0.4 is 10.1 Å². The van der Waals surface area contributed by atoms with E-state index in [1.807, 2.05) is 6.07 Å². The van der Waals surface area contributed by atoms with Crippen molar-refractivity contribution >= 4 is 11.8 Å². The summed E-state index contributed by atoms with van der Waals surface area (Å²) in [6.07, 6.45) is 8.52. The Kier molecular flexibility index (Phi) is 5.88. The maximum Gasteiger partial charge on any atom is 0.132 e. The first-order valence-corrected chi connectivity index (χ1v) is 8.12. The number of benzene rings is 1. The van der Waals surface area contributed by atoms with Crippen molar-refractivity contribution in [2.45, 2.75) is 43.0 Å². The lowest BCUT2D eigenvalue weighted by atomic mass is 10.2. The fourth-order valence-corrected chi connectivity index (χ4v) is 2.46. The van der Waals surface area contributed by atoms with Gasteiger partial charge in [-0.25, -0.2) is 0 Å². The molecule has 1 N–H and O–H groups in total. The fourth-order valence-electron chi connectivity index (χ4n) is 1.92. The van der Waals surface area contributed by atoms with E-state index in [0.29, 0.717) is 0 Å². The third kappa shape index (κ3) is 4.91. The molecular formula is C15H23NOS. The van der Waals surface area contributed by atoms with Crippen LogP contribution in [0, 0.1) is 0 Å². The normalized spacial score (nSPS) is 14.7. The summed E-state index contributed by atoms with van der Waals surface area (Å²) in [6, 6.07) is 9.10. The summed E-state index contributed by atoms with van der Waals surface area (Å²) >= 11 is 1.74. The highest BCUT2D eigenvalue weighted by molar-refractivity contribution is 7.98. The minimum Gasteiger partial charge on any atom is -0.492 e. The van der Waals surface area contributed by atoms with Gasteiger partial charge in [0, 0.05) is 10.9 Å². The summed E-state index contributed by atoms with van der Waals surface area (Å²) in [6.45, 7) is 2.01. The van der Waals surface area contributed by atoms with Gasteiger partial charge in [0.2, 0.25) is 0 Å². The highest BCUT2D eigenvalue weighted by atomic mass is 32.2. The summed E-state index contributed by atoms with van der Waals surface area (Å²) in [7, 11) is 0. The van der Waals surface area contributed by atoms with Crippen LogP contribution in [0.2, 0.25) is 0 Å². The summed E-state index contributed by atoms with van der Waals surface area (Å²) in [4.78, 5) is 1.23. The van der Waals surface area contributed by atoms with E-state index in [-0.39, 0.29) is 0 Å². The molecule has 1 saturated carbocycles. The van der Waals surface area contributed by atoms with Crippen LogP contribution in [0.25, 0.3) is 0 Å². The van der Waals surface area contributed by atoms with Crippen LogP contribution >= 0.6 is 11.8 Å². The Labute approximate surface area is 114 Å². The summed E-state index contributed by atoms with van der Waals surface area (Å²) in [5.74, 6) is 1.03. The zero-order valence-electron chi connectivity index (χ0n) is 11.2. The van der Waals surface area contributed by atoms with Crippen molar-refractivity contribution in [1.29, 1.82) is 0 Å². The molecule has 1 aliphatic carbocycles. The molecule has 1 aromatic carbocycles. The Balaban J connectivity index is 1.53. The van der Waals surface area contributed by atoms with E-state index < -0.39 is 0 Å². The van der Waals surface area contributed by atoms with Gasteiger partial charge >= 0.3 is 0 Å². The molecule has 2 rings (SSSR count). The second-order valence-electron chi connectivity index (χ2n) is 4.79. The average Bonchev–Trinajstić information content (AvgIpc) is 3.22. The van der Waals surface area contributed by atoms with Crippen molar-refractivity contribution in [1.82, 2.24) is 5.32 Å². The number of hydrogen-bond donors (Lipinski definition) is 1. The second kappa shape index (κ2) is 7.70. The molecule has 0 aromatic heterocycles. The van der Waals surface area contributed by atoms with Gasteiger partial charge in [0.25, 0.3) is 0 Å². The standard InChI is InChI=1S/C15H23NOS/c1-18-15-8-4-3-7-14(15)17-12-6-2-5-11-16-13-9-10-13/h3-4,7-8,13,16H,2,5-6,9-12H2,1H3. The number of hydrogen-bond acceptors (Lipinski definition) is 3. The van der Waals surface area contributed by atoms with Crippen molar-refractivity contribution < 1.29 is 4.74 Å². The van der Waals surface area contributed by atoms with Gasteiger partial charge in [0.05, 0.1) is 6.61 Å². The Bertz CT molecular complexity index is 352. The number of ether oxygens (including phenoxy) is 1. The highest BCUT2D eigenvalue weighted by Crippen LogP contribution is 2.26. The van der Waals surface area contributed by atoms with E-state index in [0.717, 1.165) is 24.8 Å². The van der Waals surface area contributed by atoms with Crippen LogP contribution in [0.4, 0.5) is 0 Å². The van der Waals surface area contributed by atoms with Gasteiger partial charge in [-0.1, -0.05) is 12.1 Å². The van der Waals surface area contributed by atoms with Gasteiger partial charge in [0.1, 0.15) is 5.75 Å². The predicted molar refractivity (Wildman–Crippen MR) is 78.6 cm³/mol. The minimum atomic E-state index is 0.834. The van der Waals surface area contributed by atoms with Crippen LogP contribution in [0.5, 0.6) is 5.75 Å². The molecule has 0 heterocycles. The molecule has 18 heavy (non-hydrogen) atoms. The smallest absolute Gasteiger partial charge is 0.132 e. The molecule has 0 unspecified atom stereocenters. The van der Waals surface area contributed by atoms with E-state index in [1.165, 1.54) is 37.1 Å². The van der Waals surface area contributed by atoms with E-state index >= 15 is 0 Å². The van der Waals surface area contributed by atoms with E-state index in [1.54, 1.807) is 11.8 Å². The van der Waals surface area contributed by atoms with Gasteiger partial charge in [-0.05, 0) is 57.0 Å². The number of thioether (sulfide) groups is 1. The van der Waals surface area contributed by atoms with Gasteiger partial charge < -0.3 is 10.1 Å². The van der Waals surface area contributed by atoms with E-state index in [4.69, 9.17) is 4.74 Å². The van der Waals surface area contributed by atoms with Crippen molar-refractivity contribution in [2.75, 3.05) is 19.4 Å². The first-order chi connectivity index (χ1) is 8.90. The van der Waals surface area contributed by atoms with Gasteiger partial charge in [-0.3, -0.25) is 0 Å². The van der Waals surface area contributed by atoms with Crippen LogP contribution in [0.1, 0.15) is 32.1 Å². The molecule has 0 saturated heterocycles. The first kappa shape index (κ1) is 13.8. The molecule has 1 aliphatic rings. The SMILES string of the molecule is CSc1ccccc1OCCCCCNC1CC1. The number of para-hydroxylation sites is 1. The third-order valence-corrected chi connectivity index (χ3v) is 3.94. The Morgan fingerprint density at radius 1 is 1.22 bits per heavy atom. The number of rotatable bonds is 9.